The maximum absolute atomic E-state index is 12.8. The van der Waals surface area contributed by atoms with E-state index in [1.54, 1.807) is 0 Å². The van der Waals surface area contributed by atoms with Gasteiger partial charge in [0.05, 0.1) is 16.9 Å². The third-order valence-electron chi connectivity index (χ3n) is 6.04. The second-order valence-electron chi connectivity index (χ2n) is 7.95. The van der Waals surface area contributed by atoms with E-state index in [9.17, 15) is 14.7 Å². The molecule has 1 aromatic rings. The minimum Gasteiger partial charge on any atom is -0.491 e. The van der Waals surface area contributed by atoms with Crippen molar-refractivity contribution < 1.29 is 19.4 Å². The van der Waals surface area contributed by atoms with Crippen LogP contribution in [0.15, 0.2) is 18.2 Å². The number of fused-ring (bicyclic) bond motifs is 2. The fourth-order valence-electron chi connectivity index (χ4n) is 4.46. The molecule has 1 aromatic carbocycles. The van der Waals surface area contributed by atoms with Crippen LogP contribution in [0.1, 0.15) is 50.2 Å². The molecule has 2 aliphatic rings. The summed E-state index contributed by atoms with van der Waals surface area (Å²) in [4.78, 5) is 24.3. The van der Waals surface area contributed by atoms with Gasteiger partial charge in [0.2, 0.25) is 5.91 Å². The lowest BCUT2D eigenvalue weighted by Gasteiger charge is -2.27. The van der Waals surface area contributed by atoms with Crippen LogP contribution in [0.4, 0.5) is 0 Å². The lowest BCUT2D eigenvalue weighted by Crippen LogP contribution is -2.44. The molecule has 25 heavy (non-hydrogen) atoms. The van der Waals surface area contributed by atoms with Gasteiger partial charge in [-0.25, -0.2) is 0 Å². The molecule has 2 aliphatic carbocycles. The lowest BCUT2D eigenvalue weighted by molar-refractivity contribution is -0.148. The van der Waals surface area contributed by atoms with Gasteiger partial charge in [0, 0.05) is 0 Å². The highest BCUT2D eigenvalue weighted by Gasteiger charge is 2.61. The van der Waals surface area contributed by atoms with Crippen LogP contribution >= 0.6 is 0 Å². The van der Waals surface area contributed by atoms with Crippen molar-refractivity contribution in [2.45, 2.75) is 58.9 Å². The zero-order valence-corrected chi connectivity index (χ0v) is 15.2. The van der Waals surface area contributed by atoms with Gasteiger partial charge in [0.25, 0.3) is 0 Å². The van der Waals surface area contributed by atoms with Crippen LogP contribution in [0.25, 0.3) is 0 Å². The largest absolute Gasteiger partial charge is 0.491 e. The van der Waals surface area contributed by atoms with Crippen LogP contribution < -0.4 is 10.1 Å². The van der Waals surface area contributed by atoms with Crippen LogP contribution in [-0.4, -0.2) is 29.6 Å². The van der Waals surface area contributed by atoms with Gasteiger partial charge in [-0.3, -0.25) is 9.59 Å². The van der Waals surface area contributed by atoms with Crippen molar-refractivity contribution in [1.82, 2.24) is 5.32 Å². The average molecular weight is 345 g/mol. The van der Waals surface area contributed by atoms with Crippen LogP contribution in [0.2, 0.25) is 0 Å². The zero-order chi connectivity index (χ0) is 18.2. The number of ether oxygens (including phenoxy) is 1. The normalized spacial score (nSPS) is 28.6. The molecule has 1 atom stereocenters. The average Bonchev–Trinajstić information content (AvgIpc) is 3.13. The van der Waals surface area contributed by atoms with Crippen molar-refractivity contribution in [2.24, 2.45) is 10.8 Å². The van der Waals surface area contributed by atoms with Crippen molar-refractivity contribution >= 4 is 11.9 Å². The standard InChI is InChI=1S/C20H27NO4/c1-13-5-4-6-14(2)16(13)25-11-15(3)21-17(22)19-7-9-20(12-19,10-8-19)18(23)24/h4-6,15H,7-12H2,1-3H3,(H,21,22)(H,23,24). The van der Waals surface area contributed by atoms with E-state index in [1.165, 1.54) is 0 Å². The number of hydrogen-bond donors (Lipinski definition) is 2. The molecule has 5 nitrogen and oxygen atoms in total. The minimum absolute atomic E-state index is 0.00858. The summed E-state index contributed by atoms with van der Waals surface area (Å²) in [7, 11) is 0. The Morgan fingerprint density at radius 3 is 2.24 bits per heavy atom. The number of nitrogens with one attached hydrogen (secondary N) is 1. The Labute approximate surface area is 148 Å². The van der Waals surface area contributed by atoms with Crippen molar-refractivity contribution in [2.75, 3.05) is 6.61 Å². The van der Waals surface area contributed by atoms with E-state index in [0.717, 1.165) is 16.9 Å². The first kappa shape index (κ1) is 17.8. The van der Waals surface area contributed by atoms with Gasteiger partial charge in [-0.2, -0.15) is 0 Å². The predicted molar refractivity (Wildman–Crippen MR) is 94.6 cm³/mol. The first-order chi connectivity index (χ1) is 11.8. The molecule has 0 radical (unpaired) electrons. The van der Waals surface area contributed by atoms with Crippen LogP contribution in [0.3, 0.4) is 0 Å². The minimum atomic E-state index is -0.744. The van der Waals surface area contributed by atoms with Gasteiger partial charge in [0.15, 0.2) is 0 Å². The quantitative estimate of drug-likeness (QED) is 0.830. The molecule has 0 aromatic heterocycles. The Morgan fingerprint density at radius 1 is 1.16 bits per heavy atom. The Kier molecular flexibility index (Phi) is 4.52. The summed E-state index contributed by atoms with van der Waals surface area (Å²) in [5.41, 5.74) is 0.991. The molecule has 0 heterocycles. The van der Waals surface area contributed by atoms with Crippen molar-refractivity contribution in [3.63, 3.8) is 0 Å². The van der Waals surface area contributed by atoms with Crippen LogP contribution in [0, 0.1) is 24.7 Å². The SMILES string of the molecule is Cc1cccc(C)c1OCC(C)NC(=O)C12CCC(C(=O)O)(CC1)C2. The predicted octanol–water partition coefficient (Wildman–Crippen LogP) is 3.22. The van der Waals surface area contributed by atoms with E-state index < -0.39 is 16.8 Å². The Hall–Kier alpha value is -2.04. The molecular formula is C20H27NO4. The second kappa shape index (κ2) is 6.36. The molecular weight excluding hydrogens is 318 g/mol. The molecule has 2 bridgehead atoms. The van der Waals surface area contributed by atoms with Crippen molar-refractivity contribution in [3.8, 4) is 5.75 Å². The van der Waals surface area contributed by atoms with Gasteiger partial charge in [-0.05, 0) is 64.0 Å². The van der Waals surface area contributed by atoms with Gasteiger partial charge < -0.3 is 15.2 Å². The van der Waals surface area contributed by atoms with Gasteiger partial charge in [-0.1, -0.05) is 18.2 Å². The van der Waals surface area contributed by atoms with Gasteiger partial charge >= 0.3 is 5.97 Å². The molecule has 0 aliphatic heterocycles. The number of carboxylic acid groups (broad SMARTS) is 1. The highest BCUT2D eigenvalue weighted by Crippen LogP contribution is 2.61. The van der Waals surface area contributed by atoms with Crippen molar-refractivity contribution in [1.29, 1.82) is 0 Å². The highest BCUT2D eigenvalue weighted by molar-refractivity contribution is 5.87. The van der Waals surface area contributed by atoms with E-state index in [-0.39, 0.29) is 11.9 Å². The molecule has 0 spiro atoms. The maximum Gasteiger partial charge on any atom is 0.309 e. The number of carbonyl (C=O) groups is 2. The monoisotopic (exact) mass is 345 g/mol. The van der Waals surface area contributed by atoms with E-state index >= 15 is 0 Å². The van der Waals surface area contributed by atoms with Gasteiger partial charge in [0.1, 0.15) is 12.4 Å². The number of rotatable bonds is 6. The van der Waals surface area contributed by atoms with E-state index in [1.807, 2.05) is 39.0 Å². The third-order valence-corrected chi connectivity index (χ3v) is 6.04. The van der Waals surface area contributed by atoms with E-state index in [0.29, 0.717) is 38.7 Å². The van der Waals surface area contributed by atoms with Crippen LogP contribution in [0.5, 0.6) is 5.75 Å². The maximum atomic E-state index is 12.8. The summed E-state index contributed by atoms with van der Waals surface area (Å²) < 4.78 is 5.92. The molecule has 5 heteroatoms. The number of benzene rings is 1. The Balaban J connectivity index is 1.58. The first-order valence-electron chi connectivity index (χ1n) is 9.01. The van der Waals surface area contributed by atoms with E-state index in [2.05, 4.69) is 5.32 Å². The first-order valence-corrected chi connectivity index (χ1v) is 9.01. The smallest absolute Gasteiger partial charge is 0.309 e. The highest BCUT2D eigenvalue weighted by atomic mass is 16.5. The lowest BCUT2D eigenvalue weighted by atomic mass is 9.81. The second-order valence-corrected chi connectivity index (χ2v) is 7.95. The van der Waals surface area contributed by atoms with E-state index in [4.69, 9.17) is 4.74 Å². The number of carboxylic acids is 1. The van der Waals surface area contributed by atoms with Gasteiger partial charge in [-0.15, -0.1) is 0 Å². The summed E-state index contributed by atoms with van der Waals surface area (Å²) in [5, 5.41) is 12.5. The topological polar surface area (TPSA) is 75.6 Å². The summed E-state index contributed by atoms with van der Waals surface area (Å²) in [6.07, 6.45) is 3.06. The zero-order valence-electron chi connectivity index (χ0n) is 15.2. The number of para-hydroxylation sites is 1. The summed E-state index contributed by atoms with van der Waals surface area (Å²) in [6, 6.07) is 5.89. The number of amides is 1. The molecule has 2 N–H and O–H groups in total. The summed E-state index contributed by atoms with van der Waals surface area (Å²) in [5.74, 6) is 0.116. The summed E-state index contributed by atoms with van der Waals surface area (Å²) in [6.45, 7) is 6.34. The summed E-state index contributed by atoms with van der Waals surface area (Å²) >= 11 is 0. The molecule has 2 saturated carbocycles. The molecule has 2 fully saturated rings. The number of aryl methyl sites for hydroxylation is 2. The molecule has 3 rings (SSSR count). The molecule has 1 unspecified atom stereocenters. The molecule has 1 amide bonds. The molecule has 0 saturated heterocycles. The van der Waals surface area contributed by atoms with Crippen LogP contribution in [-0.2, 0) is 9.59 Å². The fourth-order valence-corrected chi connectivity index (χ4v) is 4.46. The Morgan fingerprint density at radius 2 is 1.72 bits per heavy atom. The Bertz CT molecular complexity index is 669. The third kappa shape index (κ3) is 3.12. The molecule has 136 valence electrons. The fraction of sp³-hybridized carbons (Fsp3) is 0.600. The number of aliphatic carboxylic acids is 1. The number of carbonyl (C=O) groups excluding carboxylic acids is 1. The van der Waals surface area contributed by atoms with Crippen molar-refractivity contribution in [3.05, 3.63) is 29.3 Å². The number of hydrogen-bond acceptors (Lipinski definition) is 3.